The van der Waals surface area contributed by atoms with Gasteiger partial charge >= 0.3 is 5.97 Å². The Balaban J connectivity index is 1.47. The third-order valence-electron chi connectivity index (χ3n) is 5.54. The van der Waals surface area contributed by atoms with E-state index >= 15 is 0 Å². The maximum atomic E-state index is 12.5. The van der Waals surface area contributed by atoms with Crippen molar-refractivity contribution in [3.8, 4) is 23.0 Å². The molecule has 0 atom stereocenters. The Bertz CT molecular complexity index is 1110. The van der Waals surface area contributed by atoms with Gasteiger partial charge in [-0.25, -0.2) is 4.79 Å². The van der Waals surface area contributed by atoms with Crippen LogP contribution in [0, 0.1) is 0 Å². The molecule has 35 heavy (non-hydrogen) atoms. The van der Waals surface area contributed by atoms with Crippen molar-refractivity contribution in [1.82, 2.24) is 0 Å². The smallest absolute Gasteiger partial charge is 0.343 e. The number of nitrogens with zero attached hydrogens (tertiary/aromatic N) is 1. The van der Waals surface area contributed by atoms with Crippen LogP contribution < -0.4 is 9.47 Å². The fourth-order valence-corrected chi connectivity index (χ4v) is 3.51. The lowest BCUT2D eigenvalue weighted by Crippen LogP contribution is -2.08. The Morgan fingerprint density at radius 2 is 1.51 bits per heavy atom. The molecule has 2 N–H and O–H groups in total. The molecule has 6 nitrogen and oxygen atoms in total. The fraction of sp³-hybridized carbons (Fsp3) is 0.310. The van der Waals surface area contributed by atoms with E-state index in [1.807, 2.05) is 0 Å². The molecule has 0 aromatic heterocycles. The van der Waals surface area contributed by atoms with E-state index in [-0.39, 0.29) is 17.2 Å². The van der Waals surface area contributed by atoms with Crippen LogP contribution in [0.15, 0.2) is 71.7 Å². The van der Waals surface area contributed by atoms with Crippen molar-refractivity contribution in [2.45, 2.75) is 51.9 Å². The van der Waals surface area contributed by atoms with Crippen LogP contribution >= 0.6 is 0 Å². The molecular weight excluding hydrogens is 442 g/mol. The highest BCUT2D eigenvalue weighted by molar-refractivity contribution is 5.91. The van der Waals surface area contributed by atoms with Gasteiger partial charge in [0.1, 0.15) is 28.7 Å². The number of rotatable bonds is 13. The van der Waals surface area contributed by atoms with Crippen molar-refractivity contribution in [2.75, 3.05) is 6.61 Å². The maximum Gasteiger partial charge on any atom is 0.343 e. The SMILES string of the molecule is CCCCCCCCCOc1ccc(C(=O)Oc2ccc(C=Nc3ccccc3O)c(O)c2)cc1. The van der Waals surface area contributed by atoms with Crippen LogP contribution in [0.5, 0.6) is 23.0 Å². The van der Waals surface area contributed by atoms with Gasteiger partial charge in [0.25, 0.3) is 0 Å². The molecule has 0 bridgehead atoms. The highest BCUT2D eigenvalue weighted by atomic mass is 16.5. The van der Waals surface area contributed by atoms with Gasteiger partial charge in [0, 0.05) is 17.8 Å². The predicted molar refractivity (Wildman–Crippen MR) is 138 cm³/mol. The summed E-state index contributed by atoms with van der Waals surface area (Å²) in [6.07, 6.45) is 10.0. The van der Waals surface area contributed by atoms with E-state index in [2.05, 4.69) is 11.9 Å². The number of hydrogen-bond donors (Lipinski definition) is 2. The average molecular weight is 476 g/mol. The van der Waals surface area contributed by atoms with Crippen molar-refractivity contribution in [3.05, 3.63) is 77.9 Å². The number of benzene rings is 3. The van der Waals surface area contributed by atoms with Crippen LogP contribution in [-0.4, -0.2) is 29.0 Å². The lowest BCUT2D eigenvalue weighted by Gasteiger charge is -2.08. The molecule has 0 aliphatic rings. The first-order valence-corrected chi connectivity index (χ1v) is 12.2. The van der Waals surface area contributed by atoms with Crippen LogP contribution in [0.4, 0.5) is 5.69 Å². The summed E-state index contributed by atoms with van der Waals surface area (Å²) in [4.78, 5) is 16.7. The van der Waals surface area contributed by atoms with Gasteiger partial charge in [-0.05, 0) is 55.0 Å². The van der Waals surface area contributed by atoms with Gasteiger partial charge in [0.2, 0.25) is 0 Å². The monoisotopic (exact) mass is 475 g/mol. The third-order valence-corrected chi connectivity index (χ3v) is 5.54. The van der Waals surface area contributed by atoms with Crippen LogP contribution in [0.1, 0.15) is 67.8 Å². The molecule has 0 unspecified atom stereocenters. The zero-order chi connectivity index (χ0) is 24.9. The average Bonchev–Trinajstić information content (AvgIpc) is 2.86. The second-order valence-electron chi connectivity index (χ2n) is 8.35. The first kappa shape index (κ1) is 25.8. The Hall–Kier alpha value is -3.80. The molecule has 0 aliphatic carbocycles. The van der Waals surface area contributed by atoms with Gasteiger partial charge in [-0.15, -0.1) is 0 Å². The highest BCUT2D eigenvalue weighted by Crippen LogP contribution is 2.27. The van der Waals surface area contributed by atoms with Gasteiger partial charge < -0.3 is 19.7 Å². The summed E-state index contributed by atoms with van der Waals surface area (Å²) >= 11 is 0. The topological polar surface area (TPSA) is 88.4 Å². The van der Waals surface area contributed by atoms with Gasteiger partial charge in [0.15, 0.2) is 0 Å². The van der Waals surface area contributed by atoms with Crippen molar-refractivity contribution in [1.29, 1.82) is 0 Å². The Morgan fingerprint density at radius 3 is 2.23 bits per heavy atom. The minimum atomic E-state index is -0.529. The molecule has 0 aliphatic heterocycles. The number of esters is 1. The molecule has 3 aromatic rings. The normalized spacial score (nSPS) is 11.0. The van der Waals surface area contributed by atoms with Crippen LogP contribution in [0.3, 0.4) is 0 Å². The zero-order valence-electron chi connectivity index (χ0n) is 20.2. The van der Waals surface area contributed by atoms with E-state index < -0.39 is 5.97 Å². The summed E-state index contributed by atoms with van der Waals surface area (Å²) < 4.78 is 11.2. The number of aliphatic imine (C=N–C) groups is 1. The first-order chi connectivity index (χ1) is 17.1. The quantitative estimate of drug-likeness (QED) is 0.118. The number of phenols is 2. The van der Waals surface area contributed by atoms with E-state index in [0.29, 0.717) is 23.4 Å². The molecule has 184 valence electrons. The van der Waals surface area contributed by atoms with Gasteiger partial charge in [0.05, 0.1) is 12.2 Å². The van der Waals surface area contributed by atoms with Crippen molar-refractivity contribution in [2.24, 2.45) is 4.99 Å². The molecule has 0 heterocycles. The number of aromatic hydroxyl groups is 2. The Kier molecular flexibility index (Phi) is 10.2. The number of para-hydroxylation sites is 2. The van der Waals surface area contributed by atoms with Crippen molar-refractivity contribution < 1.29 is 24.5 Å². The van der Waals surface area contributed by atoms with E-state index in [1.54, 1.807) is 54.6 Å². The van der Waals surface area contributed by atoms with Gasteiger partial charge in [-0.3, -0.25) is 4.99 Å². The summed E-state index contributed by atoms with van der Waals surface area (Å²) in [6.45, 7) is 2.88. The zero-order valence-corrected chi connectivity index (χ0v) is 20.2. The van der Waals surface area contributed by atoms with E-state index in [4.69, 9.17) is 9.47 Å². The van der Waals surface area contributed by atoms with Crippen molar-refractivity contribution >= 4 is 17.9 Å². The van der Waals surface area contributed by atoms with E-state index in [0.717, 1.165) is 12.2 Å². The Morgan fingerprint density at radius 1 is 0.829 bits per heavy atom. The second kappa shape index (κ2) is 13.8. The molecule has 0 saturated heterocycles. The standard InChI is InChI=1S/C29H33NO5/c1-2-3-4-5-6-7-10-19-34-24-16-13-22(14-17-24)29(33)35-25-18-15-23(28(32)20-25)21-30-26-11-8-9-12-27(26)31/h8-9,11-18,20-21,31-32H,2-7,10,19H2,1H3. The molecule has 0 saturated carbocycles. The van der Waals surface area contributed by atoms with Gasteiger partial charge in [-0.2, -0.15) is 0 Å². The molecule has 0 fully saturated rings. The molecular formula is C29H33NO5. The Labute approximate surface area is 206 Å². The number of ether oxygens (including phenoxy) is 2. The molecule has 6 heteroatoms. The highest BCUT2D eigenvalue weighted by Gasteiger charge is 2.11. The number of carbonyl (C=O) groups excluding carboxylic acids is 1. The summed E-state index contributed by atoms with van der Waals surface area (Å²) in [7, 11) is 0. The summed E-state index contributed by atoms with van der Waals surface area (Å²) in [5, 5.41) is 20.1. The molecule has 0 spiro atoms. The minimum Gasteiger partial charge on any atom is -0.507 e. The first-order valence-electron chi connectivity index (χ1n) is 12.2. The second-order valence-corrected chi connectivity index (χ2v) is 8.35. The van der Waals surface area contributed by atoms with Gasteiger partial charge in [-0.1, -0.05) is 57.6 Å². The molecule has 3 rings (SSSR count). The third kappa shape index (κ3) is 8.49. The maximum absolute atomic E-state index is 12.5. The minimum absolute atomic E-state index is 0.0445. The fourth-order valence-electron chi connectivity index (χ4n) is 3.51. The molecule has 0 radical (unpaired) electrons. The number of phenolic OH excluding ortho intramolecular Hbond substituents is 2. The summed E-state index contributed by atoms with van der Waals surface area (Å²) in [6, 6.07) is 18.0. The van der Waals surface area contributed by atoms with Crippen LogP contribution in [0.2, 0.25) is 0 Å². The summed E-state index contributed by atoms with van der Waals surface area (Å²) in [5.41, 5.74) is 1.20. The lowest BCUT2D eigenvalue weighted by atomic mass is 10.1. The number of hydrogen-bond acceptors (Lipinski definition) is 6. The predicted octanol–water partition coefficient (Wildman–Crippen LogP) is 7.20. The van der Waals surface area contributed by atoms with E-state index in [1.165, 1.54) is 56.9 Å². The lowest BCUT2D eigenvalue weighted by molar-refractivity contribution is 0.0734. The van der Waals surface area contributed by atoms with Crippen molar-refractivity contribution in [3.63, 3.8) is 0 Å². The summed E-state index contributed by atoms with van der Waals surface area (Å²) in [5.74, 6) is 0.356. The molecule has 0 amide bonds. The van der Waals surface area contributed by atoms with E-state index in [9.17, 15) is 15.0 Å². The van der Waals surface area contributed by atoms with Crippen LogP contribution in [-0.2, 0) is 0 Å². The van der Waals surface area contributed by atoms with Crippen LogP contribution in [0.25, 0.3) is 0 Å². The number of unbranched alkanes of at least 4 members (excludes halogenated alkanes) is 6. The largest absolute Gasteiger partial charge is 0.507 e. The number of carbonyl (C=O) groups is 1. The molecule has 3 aromatic carbocycles.